The van der Waals surface area contributed by atoms with E-state index in [1.54, 1.807) is 36.3 Å². The van der Waals surface area contributed by atoms with Crippen molar-refractivity contribution in [2.45, 2.75) is 13.0 Å². The minimum atomic E-state index is -0.422. The van der Waals surface area contributed by atoms with Crippen LogP contribution in [0, 0.1) is 5.92 Å². The molecule has 1 aromatic carbocycles. The molecule has 8 heteroatoms. The Morgan fingerprint density at radius 2 is 2.15 bits per heavy atom. The average Bonchev–Trinajstić information content (AvgIpc) is 3.05. The van der Waals surface area contributed by atoms with Crippen molar-refractivity contribution < 1.29 is 14.3 Å². The molecular weight excluding hydrogens is 336 g/mol. The monoisotopic (exact) mass is 356 g/mol. The number of benzene rings is 1. The van der Waals surface area contributed by atoms with Crippen molar-refractivity contribution in [1.29, 1.82) is 0 Å². The standard InChI is InChI=1S/C18H20N4O4/c1-26-15-5-2-4-14(11-15)21-12-13(10-17(21)24)18(25)19-8-9-22-16(23)6-3-7-20-22/h2-7,11,13H,8-10,12H2,1H3,(H,19,25). The third-order valence-electron chi connectivity index (χ3n) is 4.27. The highest BCUT2D eigenvalue weighted by Gasteiger charge is 2.35. The molecule has 1 N–H and O–H groups in total. The summed E-state index contributed by atoms with van der Waals surface area (Å²) in [4.78, 5) is 37.8. The number of amides is 2. The van der Waals surface area contributed by atoms with Gasteiger partial charge in [-0.15, -0.1) is 0 Å². The molecule has 0 saturated carbocycles. The number of nitrogens with zero attached hydrogens (tertiary/aromatic N) is 3. The van der Waals surface area contributed by atoms with Crippen LogP contribution >= 0.6 is 0 Å². The first-order valence-electron chi connectivity index (χ1n) is 8.33. The summed E-state index contributed by atoms with van der Waals surface area (Å²) in [5.74, 6) is -0.0646. The molecule has 1 unspecified atom stereocenters. The fourth-order valence-electron chi connectivity index (χ4n) is 2.90. The zero-order valence-corrected chi connectivity index (χ0v) is 14.4. The number of nitrogens with one attached hydrogen (secondary N) is 1. The number of carbonyl (C=O) groups is 2. The van der Waals surface area contributed by atoms with Crippen molar-refractivity contribution in [2.75, 3.05) is 25.1 Å². The van der Waals surface area contributed by atoms with E-state index in [0.29, 0.717) is 18.0 Å². The molecule has 1 aromatic heterocycles. The lowest BCUT2D eigenvalue weighted by atomic mass is 10.1. The maximum absolute atomic E-state index is 12.3. The van der Waals surface area contributed by atoms with E-state index in [1.165, 1.54) is 16.9 Å². The molecule has 136 valence electrons. The van der Waals surface area contributed by atoms with Crippen LogP contribution in [-0.4, -0.2) is 41.8 Å². The Kier molecular flexibility index (Phi) is 5.31. The molecule has 0 radical (unpaired) electrons. The van der Waals surface area contributed by atoms with Gasteiger partial charge < -0.3 is 15.0 Å². The van der Waals surface area contributed by atoms with Crippen molar-refractivity contribution in [1.82, 2.24) is 15.1 Å². The second kappa shape index (κ2) is 7.81. The van der Waals surface area contributed by atoms with E-state index in [4.69, 9.17) is 4.74 Å². The number of aromatic nitrogens is 2. The Bertz CT molecular complexity index is 864. The van der Waals surface area contributed by atoms with Gasteiger partial charge in [0.1, 0.15) is 5.75 Å². The summed E-state index contributed by atoms with van der Waals surface area (Å²) in [5, 5.41) is 6.70. The van der Waals surface area contributed by atoms with Crippen molar-refractivity contribution >= 4 is 17.5 Å². The molecule has 8 nitrogen and oxygen atoms in total. The molecule has 1 saturated heterocycles. The summed E-state index contributed by atoms with van der Waals surface area (Å²) in [6.45, 7) is 0.882. The van der Waals surface area contributed by atoms with Gasteiger partial charge in [-0.25, -0.2) is 4.68 Å². The van der Waals surface area contributed by atoms with Gasteiger partial charge in [0.05, 0.1) is 19.6 Å². The molecule has 3 rings (SSSR count). The smallest absolute Gasteiger partial charge is 0.266 e. The van der Waals surface area contributed by atoms with Crippen LogP contribution in [0.25, 0.3) is 0 Å². The minimum Gasteiger partial charge on any atom is -0.497 e. The number of methoxy groups -OCH3 is 1. The van der Waals surface area contributed by atoms with Gasteiger partial charge >= 0.3 is 0 Å². The topological polar surface area (TPSA) is 93.5 Å². The van der Waals surface area contributed by atoms with Crippen LogP contribution in [-0.2, 0) is 16.1 Å². The van der Waals surface area contributed by atoms with Gasteiger partial charge in [0.15, 0.2) is 0 Å². The molecular formula is C18H20N4O4. The number of hydrogen-bond donors (Lipinski definition) is 1. The Morgan fingerprint density at radius 3 is 2.92 bits per heavy atom. The number of ether oxygens (including phenoxy) is 1. The summed E-state index contributed by atoms with van der Waals surface area (Å²) in [5.41, 5.74) is 0.492. The highest BCUT2D eigenvalue weighted by molar-refractivity contribution is 6.00. The quantitative estimate of drug-likeness (QED) is 0.810. The summed E-state index contributed by atoms with van der Waals surface area (Å²) in [6.07, 6.45) is 1.68. The second-order valence-corrected chi connectivity index (χ2v) is 5.98. The molecule has 0 aliphatic carbocycles. The summed E-state index contributed by atoms with van der Waals surface area (Å²) < 4.78 is 6.46. The average molecular weight is 356 g/mol. The van der Waals surface area contributed by atoms with Crippen molar-refractivity contribution in [3.05, 3.63) is 52.9 Å². The van der Waals surface area contributed by atoms with E-state index < -0.39 is 5.92 Å². The van der Waals surface area contributed by atoms with Crippen molar-refractivity contribution in [3.8, 4) is 5.75 Å². The van der Waals surface area contributed by atoms with Gasteiger partial charge in [0.2, 0.25) is 11.8 Å². The second-order valence-electron chi connectivity index (χ2n) is 5.98. The highest BCUT2D eigenvalue weighted by atomic mass is 16.5. The maximum atomic E-state index is 12.3. The van der Waals surface area contributed by atoms with Gasteiger partial charge in [-0.1, -0.05) is 6.07 Å². The van der Waals surface area contributed by atoms with Crippen LogP contribution in [0.15, 0.2) is 47.4 Å². The Morgan fingerprint density at radius 1 is 1.31 bits per heavy atom. The van der Waals surface area contributed by atoms with Crippen LogP contribution in [0.1, 0.15) is 6.42 Å². The fourth-order valence-corrected chi connectivity index (χ4v) is 2.90. The number of rotatable bonds is 6. The SMILES string of the molecule is COc1cccc(N2CC(C(=O)NCCn3ncccc3=O)CC2=O)c1. The third-order valence-corrected chi connectivity index (χ3v) is 4.27. The normalized spacial score (nSPS) is 16.6. The van der Waals surface area contributed by atoms with E-state index in [2.05, 4.69) is 10.4 Å². The number of hydrogen-bond acceptors (Lipinski definition) is 5. The first-order chi connectivity index (χ1) is 12.6. The summed E-state index contributed by atoms with van der Waals surface area (Å²) in [7, 11) is 1.56. The predicted octanol–water partition coefficient (Wildman–Crippen LogP) is 0.421. The molecule has 1 fully saturated rings. The van der Waals surface area contributed by atoms with Crippen LogP contribution in [0.5, 0.6) is 5.75 Å². The predicted molar refractivity (Wildman–Crippen MR) is 95.0 cm³/mol. The van der Waals surface area contributed by atoms with Gasteiger partial charge in [-0.2, -0.15) is 5.10 Å². The van der Waals surface area contributed by atoms with E-state index in [9.17, 15) is 14.4 Å². The van der Waals surface area contributed by atoms with E-state index in [1.807, 2.05) is 6.07 Å². The van der Waals surface area contributed by atoms with E-state index >= 15 is 0 Å². The van der Waals surface area contributed by atoms with Gasteiger partial charge in [0, 0.05) is 43.5 Å². The molecule has 26 heavy (non-hydrogen) atoms. The number of anilines is 1. The van der Waals surface area contributed by atoms with Crippen LogP contribution in [0.3, 0.4) is 0 Å². The Balaban J connectivity index is 1.57. The van der Waals surface area contributed by atoms with E-state index in [-0.39, 0.29) is 36.9 Å². The number of carbonyl (C=O) groups excluding carboxylic acids is 2. The highest BCUT2D eigenvalue weighted by Crippen LogP contribution is 2.27. The molecule has 2 aromatic rings. The first kappa shape index (κ1) is 17.7. The van der Waals surface area contributed by atoms with Gasteiger partial charge in [-0.05, 0) is 18.2 Å². The molecule has 1 aliphatic rings. The van der Waals surface area contributed by atoms with Gasteiger partial charge in [-0.3, -0.25) is 14.4 Å². The van der Waals surface area contributed by atoms with Crippen LogP contribution in [0.4, 0.5) is 5.69 Å². The molecule has 1 aliphatic heterocycles. The zero-order chi connectivity index (χ0) is 18.5. The minimum absolute atomic E-state index is 0.0978. The fraction of sp³-hybridized carbons (Fsp3) is 0.333. The van der Waals surface area contributed by atoms with Crippen LogP contribution < -0.4 is 20.5 Å². The molecule has 1 atom stereocenters. The van der Waals surface area contributed by atoms with Crippen molar-refractivity contribution in [2.24, 2.45) is 5.92 Å². The molecule has 2 heterocycles. The Hall–Kier alpha value is -3.16. The van der Waals surface area contributed by atoms with Crippen LogP contribution in [0.2, 0.25) is 0 Å². The maximum Gasteiger partial charge on any atom is 0.266 e. The summed E-state index contributed by atoms with van der Waals surface area (Å²) >= 11 is 0. The lowest BCUT2D eigenvalue weighted by Crippen LogP contribution is -2.36. The largest absolute Gasteiger partial charge is 0.497 e. The molecule has 2 amide bonds. The zero-order valence-electron chi connectivity index (χ0n) is 14.4. The Labute approximate surface area is 150 Å². The molecule has 0 bridgehead atoms. The first-order valence-corrected chi connectivity index (χ1v) is 8.33. The molecule has 0 spiro atoms. The van der Waals surface area contributed by atoms with E-state index in [0.717, 1.165) is 0 Å². The van der Waals surface area contributed by atoms with Gasteiger partial charge in [0.25, 0.3) is 5.56 Å². The lowest BCUT2D eigenvalue weighted by Gasteiger charge is -2.17. The van der Waals surface area contributed by atoms with Crippen molar-refractivity contribution in [3.63, 3.8) is 0 Å². The third kappa shape index (κ3) is 3.90. The lowest BCUT2D eigenvalue weighted by molar-refractivity contribution is -0.126. The summed E-state index contributed by atoms with van der Waals surface area (Å²) in [6, 6.07) is 10.2.